The SMILES string of the molecule is O=C(CCC(=O)CCC(=O)c1ccccc1C(O)P(=O)(c1ccccc1)c1ccccc1)CCC(=O)c1ccccc1C(O)P(=O)(c1ccccc1)c1ccccc1. The second-order valence-electron chi connectivity index (χ2n) is 14.0. The molecule has 6 aromatic carbocycles. The van der Waals surface area contributed by atoms with E-state index in [2.05, 4.69) is 0 Å². The minimum atomic E-state index is -3.69. The Labute approximate surface area is 338 Å². The van der Waals surface area contributed by atoms with Crippen molar-refractivity contribution < 1.29 is 38.5 Å². The third kappa shape index (κ3) is 9.23. The smallest absolute Gasteiger partial charge is 0.174 e. The second kappa shape index (κ2) is 19.2. The maximum Gasteiger partial charge on any atom is 0.174 e. The summed E-state index contributed by atoms with van der Waals surface area (Å²) in [6, 6.07) is 47.5. The summed E-state index contributed by atoms with van der Waals surface area (Å²) in [4.78, 5) is 52.9. The van der Waals surface area contributed by atoms with Gasteiger partial charge in [0.2, 0.25) is 0 Å². The van der Waals surface area contributed by atoms with Gasteiger partial charge in [-0.25, -0.2) is 0 Å². The van der Waals surface area contributed by atoms with Crippen LogP contribution in [0.5, 0.6) is 0 Å². The summed E-state index contributed by atoms with van der Waals surface area (Å²) in [6.45, 7) is 0. The van der Waals surface area contributed by atoms with Crippen LogP contribution in [0.4, 0.5) is 0 Å². The van der Waals surface area contributed by atoms with Crippen molar-refractivity contribution in [1.29, 1.82) is 0 Å². The Balaban J connectivity index is 1.06. The van der Waals surface area contributed by atoms with Crippen LogP contribution in [0.1, 0.15) is 82.1 Å². The van der Waals surface area contributed by atoms with Gasteiger partial charge < -0.3 is 19.3 Å². The number of Topliss-reactive ketones (excluding diaryl/α,β-unsaturated/α-hetero) is 4. The zero-order chi connectivity index (χ0) is 41.1. The fourth-order valence-electron chi connectivity index (χ4n) is 7.11. The fraction of sp³-hybridized carbons (Fsp3) is 0.167. The lowest BCUT2D eigenvalue weighted by molar-refractivity contribution is -0.124. The number of aliphatic hydroxyl groups is 2. The number of carbonyl (C=O) groups excluding carboxylic acids is 4. The van der Waals surface area contributed by atoms with E-state index in [4.69, 9.17) is 0 Å². The van der Waals surface area contributed by atoms with Crippen LogP contribution in [-0.4, -0.2) is 33.3 Å². The summed E-state index contributed by atoms with van der Waals surface area (Å²) in [6.07, 6.45) is -0.865. The molecular formula is C48H44O8P2. The highest BCUT2D eigenvalue weighted by Crippen LogP contribution is 2.57. The molecule has 6 rings (SSSR count). The average Bonchev–Trinajstić information content (AvgIpc) is 3.29. The molecule has 0 spiro atoms. The molecule has 10 heteroatoms. The van der Waals surface area contributed by atoms with Crippen molar-refractivity contribution in [2.75, 3.05) is 0 Å². The predicted octanol–water partition coefficient (Wildman–Crippen LogP) is 8.24. The molecule has 0 fully saturated rings. The van der Waals surface area contributed by atoms with Crippen molar-refractivity contribution in [3.63, 3.8) is 0 Å². The molecule has 2 N–H and O–H groups in total. The molecule has 6 aromatic rings. The first-order chi connectivity index (χ1) is 28.0. The minimum absolute atomic E-state index is 0.117. The first-order valence-corrected chi connectivity index (χ1v) is 22.7. The van der Waals surface area contributed by atoms with Crippen molar-refractivity contribution in [3.8, 4) is 0 Å². The van der Waals surface area contributed by atoms with Gasteiger partial charge in [-0.2, -0.15) is 0 Å². The number of carbonyl (C=O) groups is 4. The number of aliphatic hydroxyl groups excluding tert-OH is 2. The normalized spacial score (nSPS) is 12.7. The molecule has 0 heterocycles. The number of hydrogen-bond donors (Lipinski definition) is 2. The Morgan fingerprint density at radius 1 is 0.362 bits per heavy atom. The Hall–Kier alpha value is -5.62. The Morgan fingerprint density at radius 2 is 0.603 bits per heavy atom. The van der Waals surface area contributed by atoms with Gasteiger partial charge in [-0.15, -0.1) is 0 Å². The van der Waals surface area contributed by atoms with Gasteiger partial charge in [0.05, 0.1) is 0 Å². The molecule has 0 amide bonds. The maximum absolute atomic E-state index is 14.8. The molecule has 58 heavy (non-hydrogen) atoms. The van der Waals surface area contributed by atoms with Gasteiger partial charge in [0.1, 0.15) is 23.3 Å². The highest BCUT2D eigenvalue weighted by atomic mass is 31.2. The molecule has 0 saturated heterocycles. The van der Waals surface area contributed by atoms with Crippen LogP contribution in [0.25, 0.3) is 0 Å². The van der Waals surface area contributed by atoms with E-state index in [0.717, 1.165) is 0 Å². The molecule has 0 aliphatic carbocycles. The van der Waals surface area contributed by atoms with E-state index in [9.17, 15) is 38.5 Å². The summed E-state index contributed by atoms with van der Waals surface area (Å²) in [5.74, 6) is -4.48. The minimum Gasteiger partial charge on any atom is -0.380 e. The van der Waals surface area contributed by atoms with E-state index in [1.807, 2.05) is 0 Å². The van der Waals surface area contributed by atoms with Crippen molar-refractivity contribution in [2.45, 2.75) is 50.2 Å². The molecule has 0 bridgehead atoms. The van der Waals surface area contributed by atoms with Crippen LogP contribution in [0.15, 0.2) is 170 Å². The quantitative estimate of drug-likeness (QED) is 0.0616. The predicted molar refractivity (Wildman–Crippen MR) is 229 cm³/mol. The first kappa shape index (κ1) is 42.0. The van der Waals surface area contributed by atoms with Crippen LogP contribution in [0.3, 0.4) is 0 Å². The lowest BCUT2D eigenvalue weighted by atomic mass is 9.97. The number of rotatable bonds is 19. The summed E-state index contributed by atoms with van der Waals surface area (Å²) in [7, 11) is -7.38. The van der Waals surface area contributed by atoms with Crippen LogP contribution in [0.2, 0.25) is 0 Å². The molecule has 0 radical (unpaired) electrons. The molecular weight excluding hydrogens is 766 g/mol. The van der Waals surface area contributed by atoms with E-state index in [0.29, 0.717) is 21.2 Å². The molecule has 0 aromatic heterocycles. The van der Waals surface area contributed by atoms with Gasteiger partial charge in [0.25, 0.3) is 0 Å². The van der Waals surface area contributed by atoms with Crippen LogP contribution < -0.4 is 21.2 Å². The Morgan fingerprint density at radius 3 is 0.897 bits per heavy atom. The lowest BCUT2D eigenvalue weighted by Crippen LogP contribution is -2.22. The van der Waals surface area contributed by atoms with Gasteiger partial charge in [-0.05, 0) is 11.1 Å². The summed E-state index contributed by atoms with van der Waals surface area (Å²) in [5.41, 5.74) is 0.735. The topological polar surface area (TPSA) is 143 Å². The first-order valence-electron chi connectivity index (χ1n) is 19.1. The molecule has 0 aliphatic rings. The number of benzene rings is 6. The number of hydrogen-bond acceptors (Lipinski definition) is 8. The average molecular weight is 811 g/mol. The monoisotopic (exact) mass is 810 g/mol. The van der Waals surface area contributed by atoms with Crippen molar-refractivity contribution >= 4 is 58.6 Å². The summed E-state index contributed by atoms with van der Waals surface area (Å²) in [5, 5.41) is 25.3. The molecule has 294 valence electrons. The van der Waals surface area contributed by atoms with Crippen molar-refractivity contribution in [2.24, 2.45) is 0 Å². The summed E-state index contributed by atoms with van der Waals surface area (Å²) < 4.78 is 29.6. The molecule has 2 atom stereocenters. The largest absolute Gasteiger partial charge is 0.380 e. The molecule has 0 aliphatic heterocycles. The standard InChI is InChI=1S/C48H44O8P2/c49-35(31-33-45(51)41-25-13-15-27-43(41)47(53)57(55,37-17-5-1-6-18-37)38-19-7-2-8-20-38)29-30-36(50)32-34-46(52)42-26-14-16-28-44(42)48(54)58(56,39-21-9-3-10-22-39)40-23-11-4-12-24-40/h1-28,47-48,53-54H,29-34H2. The van der Waals surface area contributed by atoms with Crippen molar-refractivity contribution in [3.05, 3.63) is 192 Å². The molecule has 2 unspecified atom stereocenters. The molecule has 0 saturated carbocycles. The van der Waals surface area contributed by atoms with Gasteiger partial charge in [-0.1, -0.05) is 170 Å². The Kier molecular flexibility index (Phi) is 13.9. The third-order valence-electron chi connectivity index (χ3n) is 10.3. The second-order valence-corrected chi connectivity index (χ2v) is 19.7. The van der Waals surface area contributed by atoms with E-state index in [-0.39, 0.29) is 72.3 Å². The zero-order valence-electron chi connectivity index (χ0n) is 31.8. The van der Waals surface area contributed by atoms with E-state index in [1.165, 1.54) is 0 Å². The van der Waals surface area contributed by atoms with E-state index in [1.54, 1.807) is 170 Å². The van der Waals surface area contributed by atoms with Gasteiger partial charge in [0.15, 0.2) is 25.9 Å². The van der Waals surface area contributed by atoms with E-state index >= 15 is 0 Å². The zero-order valence-corrected chi connectivity index (χ0v) is 33.6. The maximum atomic E-state index is 14.8. The fourth-order valence-corrected chi connectivity index (χ4v) is 12.5. The highest BCUT2D eigenvalue weighted by molar-refractivity contribution is 7.79. The summed E-state index contributed by atoms with van der Waals surface area (Å²) >= 11 is 0. The number of ketones is 4. The van der Waals surface area contributed by atoms with Gasteiger partial charge in [0, 0.05) is 70.9 Å². The van der Waals surface area contributed by atoms with Gasteiger partial charge >= 0.3 is 0 Å². The highest BCUT2D eigenvalue weighted by Gasteiger charge is 2.39. The molecule has 8 nitrogen and oxygen atoms in total. The van der Waals surface area contributed by atoms with Gasteiger partial charge in [-0.3, -0.25) is 19.2 Å². The van der Waals surface area contributed by atoms with Crippen molar-refractivity contribution in [1.82, 2.24) is 0 Å². The lowest BCUT2D eigenvalue weighted by Gasteiger charge is -2.26. The van der Waals surface area contributed by atoms with Crippen LogP contribution in [-0.2, 0) is 18.7 Å². The van der Waals surface area contributed by atoms with Crippen LogP contribution in [0, 0.1) is 0 Å². The third-order valence-corrected chi connectivity index (χ3v) is 16.5. The van der Waals surface area contributed by atoms with E-state index < -0.39 is 37.5 Å². The Bertz CT molecular complexity index is 2210. The van der Waals surface area contributed by atoms with Crippen LogP contribution >= 0.6 is 14.3 Å².